The predicted octanol–water partition coefficient (Wildman–Crippen LogP) is 4.69. The van der Waals surface area contributed by atoms with Crippen LogP contribution in [0.15, 0.2) is 30.3 Å². The van der Waals surface area contributed by atoms with Crippen LogP contribution in [0, 0.1) is 29.1 Å². The number of hydrogen-bond donors (Lipinski definition) is 0. The smallest absolute Gasteiger partial charge is 0.198 e. The van der Waals surface area contributed by atoms with E-state index in [1.54, 1.807) is 0 Å². The molecule has 0 radical (unpaired) electrons. The Bertz CT molecular complexity index is 823. The first-order valence-electron chi connectivity index (χ1n) is 5.34. The molecule has 0 bridgehead atoms. The fourth-order valence-electron chi connectivity index (χ4n) is 2.08. The van der Waals surface area contributed by atoms with Crippen molar-refractivity contribution in [2.75, 3.05) is 0 Å². The summed E-state index contributed by atoms with van der Waals surface area (Å²) in [5, 5.41) is -0.625. The number of benzene rings is 3. The lowest BCUT2D eigenvalue weighted by Crippen LogP contribution is -1.98. The molecule has 3 aromatic carbocycles. The molecule has 19 heavy (non-hydrogen) atoms. The molecule has 0 unspecified atom stereocenters. The van der Waals surface area contributed by atoms with Crippen LogP contribution in [-0.2, 0) is 0 Å². The minimum atomic E-state index is -1.90. The minimum absolute atomic E-state index is 0.0132. The van der Waals surface area contributed by atoms with Crippen LogP contribution in [0.5, 0.6) is 0 Å². The summed E-state index contributed by atoms with van der Waals surface area (Å²) in [7, 11) is 0. The lowest BCUT2D eigenvalue weighted by molar-refractivity contribution is 0.418. The Kier molecular flexibility index (Phi) is 2.45. The van der Waals surface area contributed by atoms with Crippen LogP contribution < -0.4 is 0 Å². The Hall–Kier alpha value is -2.17. The van der Waals surface area contributed by atoms with Crippen LogP contribution in [0.4, 0.5) is 22.0 Å². The summed E-state index contributed by atoms with van der Waals surface area (Å²) in [5.41, 5.74) is 0. The van der Waals surface area contributed by atoms with Crippen molar-refractivity contribution in [2.24, 2.45) is 0 Å². The lowest BCUT2D eigenvalue weighted by atomic mass is 10.0. The van der Waals surface area contributed by atoms with Crippen LogP contribution in [0.2, 0.25) is 0 Å². The summed E-state index contributed by atoms with van der Waals surface area (Å²) in [6.07, 6.45) is 0. The van der Waals surface area contributed by atoms with E-state index in [9.17, 15) is 22.0 Å². The van der Waals surface area contributed by atoms with Gasteiger partial charge in [-0.25, -0.2) is 22.0 Å². The maximum Gasteiger partial charge on any atom is 0.198 e. The largest absolute Gasteiger partial charge is 0.206 e. The Labute approximate surface area is 104 Å². The zero-order valence-corrected chi connectivity index (χ0v) is 9.28. The van der Waals surface area contributed by atoms with Crippen LogP contribution in [0.25, 0.3) is 21.5 Å². The van der Waals surface area contributed by atoms with Gasteiger partial charge in [-0.1, -0.05) is 12.1 Å². The normalized spacial score (nSPS) is 11.4. The highest BCUT2D eigenvalue weighted by Crippen LogP contribution is 2.31. The predicted molar refractivity (Wildman–Crippen MR) is 61.2 cm³/mol. The summed E-state index contributed by atoms with van der Waals surface area (Å²) in [4.78, 5) is 0. The van der Waals surface area contributed by atoms with E-state index in [-0.39, 0.29) is 10.8 Å². The highest BCUT2D eigenvalue weighted by molar-refractivity contribution is 5.99. The Morgan fingerprint density at radius 2 is 1.16 bits per heavy atom. The summed E-state index contributed by atoms with van der Waals surface area (Å²) >= 11 is 0. The molecule has 0 aliphatic rings. The van der Waals surface area contributed by atoms with Crippen molar-refractivity contribution in [3.63, 3.8) is 0 Å². The molecule has 3 rings (SSSR count). The van der Waals surface area contributed by atoms with Crippen molar-refractivity contribution in [1.29, 1.82) is 0 Å². The van der Waals surface area contributed by atoms with Gasteiger partial charge in [0.15, 0.2) is 23.3 Å². The second-order valence-corrected chi connectivity index (χ2v) is 4.11. The van der Waals surface area contributed by atoms with Crippen LogP contribution in [0.3, 0.4) is 0 Å². The molecule has 0 saturated carbocycles. The average molecular weight is 268 g/mol. The molecule has 3 aromatic rings. The van der Waals surface area contributed by atoms with E-state index in [0.29, 0.717) is 0 Å². The summed E-state index contributed by atoms with van der Waals surface area (Å²) < 4.78 is 67.0. The Balaban J connectivity index is 2.59. The van der Waals surface area contributed by atoms with Gasteiger partial charge < -0.3 is 0 Å². The lowest BCUT2D eigenvalue weighted by Gasteiger charge is -2.07. The van der Waals surface area contributed by atoms with Gasteiger partial charge in [0.2, 0.25) is 0 Å². The standard InChI is InChI=1S/C14H5F5/c15-10-3-1-2-6-4-8-9(5-7(6)10)12(17)14(19)13(18)11(8)16/h1-5H. The topological polar surface area (TPSA) is 0 Å². The van der Waals surface area contributed by atoms with Gasteiger partial charge in [-0.15, -0.1) is 0 Å². The zero-order chi connectivity index (χ0) is 13.7. The van der Waals surface area contributed by atoms with Gasteiger partial charge in [-0.05, 0) is 23.6 Å². The third kappa shape index (κ3) is 1.58. The SMILES string of the molecule is Fc1c(F)c(F)c2cc3c(F)cccc3cc2c1F. The van der Waals surface area contributed by atoms with Crippen molar-refractivity contribution in [3.8, 4) is 0 Å². The van der Waals surface area contributed by atoms with Crippen LogP contribution >= 0.6 is 0 Å². The van der Waals surface area contributed by atoms with Crippen LogP contribution in [0.1, 0.15) is 0 Å². The summed E-state index contributed by atoms with van der Waals surface area (Å²) in [6, 6.07) is 6.06. The van der Waals surface area contributed by atoms with Gasteiger partial charge in [-0.2, -0.15) is 0 Å². The summed E-state index contributed by atoms with van der Waals surface area (Å²) in [5.74, 6) is -7.44. The second-order valence-electron chi connectivity index (χ2n) is 4.11. The molecule has 0 nitrogen and oxygen atoms in total. The minimum Gasteiger partial charge on any atom is -0.206 e. The third-order valence-electron chi connectivity index (χ3n) is 3.02. The van der Waals surface area contributed by atoms with E-state index in [0.717, 1.165) is 18.2 Å². The molecule has 5 heteroatoms. The highest BCUT2D eigenvalue weighted by Gasteiger charge is 2.21. The third-order valence-corrected chi connectivity index (χ3v) is 3.02. The maximum atomic E-state index is 13.6. The van der Waals surface area contributed by atoms with E-state index in [1.807, 2.05) is 0 Å². The quantitative estimate of drug-likeness (QED) is 0.240. The molecule has 0 aromatic heterocycles. The fourth-order valence-corrected chi connectivity index (χ4v) is 2.08. The Morgan fingerprint density at radius 1 is 0.579 bits per heavy atom. The zero-order valence-electron chi connectivity index (χ0n) is 9.28. The van der Waals surface area contributed by atoms with Gasteiger partial charge >= 0.3 is 0 Å². The molecule has 0 atom stereocenters. The molecule has 0 heterocycles. The molecular weight excluding hydrogens is 263 g/mol. The molecular formula is C14H5F5. The first-order chi connectivity index (χ1) is 9.00. The molecule has 0 saturated heterocycles. The van der Waals surface area contributed by atoms with Gasteiger partial charge in [-0.3, -0.25) is 0 Å². The molecule has 0 aliphatic carbocycles. The van der Waals surface area contributed by atoms with Gasteiger partial charge in [0, 0.05) is 16.2 Å². The van der Waals surface area contributed by atoms with Crippen molar-refractivity contribution in [1.82, 2.24) is 0 Å². The van der Waals surface area contributed by atoms with Gasteiger partial charge in [0.25, 0.3) is 0 Å². The first-order valence-corrected chi connectivity index (χ1v) is 5.34. The number of rotatable bonds is 0. The average Bonchev–Trinajstić information content (AvgIpc) is 2.42. The monoisotopic (exact) mass is 268 g/mol. The van der Waals surface area contributed by atoms with Crippen molar-refractivity contribution in [3.05, 3.63) is 59.4 Å². The first kappa shape index (κ1) is 11.9. The molecule has 0 N–H and O–H groups in total. The highest BCUT2D eigenvalue weighted by atomic mass is 19.2. The molecule has 0 fully saturated rings. The maximum absolute atomic E-state index is 13.6. The Morgan fingerprint density at radius 3 is 1.79 bits per heavy atom. The van der Waals surface area contributed by atoms with Crippen LogP contribution in [-0.4, -0.2) is 0 Å². The number of halogens is 5. The summed E-state index contributed by atoms with van der Waals surface area (Å²) in [6.45, 7) is 0. The number of hydrogen-bond acceptors (Lipinski definition) is 0. The molecule has 0 aliphatic heterocycles. The van der Waals surface area contributed by atoms with Crippen molar-refractivity contribution < 1.29 is 22.0 Å². The van der Waals surface area contributed by atoms with Crippen molar-refractivity contribution in [2.45, 2.75) is 0 Å². The second kappa shape index (κ2) is 3.91. The van der Waals surface area contributed by atoms with E-state index in [1.165, 1.54) is 12.1 Å². The molecule has 0 spiro atoms. The van der Waals surface area contributed by atoms with E-state index in [4.69, 9.17) is 0 Å². The molecule has 0 amide bonds. The molecule has 96 valence electrons. The van der Waals surface area contributed by atoms with Gasteiger partial charge in [0.05, 0.1) is 0 Å². The van der Waals surface area contributed by atoms with E-state index >= 15 is 0 Å². The van der Waals surface area contributed by atoms with Crippen molar-refractivity contribution >= 4 is 21.5 Å². The van der Waals surface area contributed by atoms with E-state index in [2.05, 4.69) is 0 Å². The van der Waals surface area contributed by atoms with E-state index < -0.39 is 39.9 Å². The fraction of sp³-hybridized carbons (Fsp3) is 0. The van der Waals surface area contributed by atoms with Gasteiger partial charge in [0.1, 0.15) is 5.82 Å². The number of fused-ring (bicyclic) bond motifs is 2.